The molecule has 1 heterocycles. The van der Waals surface area contributed by atoms with Crippen LogP contribution < -0.4 is 5.32 Å². The number of carbonyl (C=O) groups excluding carboxylic acids is 2. The van der Waals surface area contributed by atoms with Crippen LogP contribution in [0.5, 0.6) is 0 Å². The van der Waals surface area contributed by atoms with Crippen molar-refractivity contribution in [3.8, 4) is 6.07 Å². The molecule has 26 heavy (non-hydrogen) atoms. The van der Waals surface area contributed by atoms with Crippen LogP contribution in [0.3, 0.4) is 0 Å². The molecule has 6 nitrogen and oxygen atoms in total. The highest BCUT2D eigenvalue weighted by Gasteiger charge is 2.30. The van der Waals surface area contributed by atoms with Gasteiger partial charge < -0.3 is 14.5 Å². The van der Waals surface area contributed by atoms with Crippen molar-refractivity contribution in [2.24, 2.45) is 5.92 Å². The van der Waals surface area contributed by atoms with E-state index in [-0.39, 0.29) is 12.3 Å². The number of carbonyl (C=O) groups is 2. The number of benzene rings is 1. The molecule has 1 N–H and O–H groups in total. The lowest BCUT2D eigenvalue weighted by atomic mass is 9.90. The van der Waals surface area contributed by atoms with E-state index in [9.17, 15) is 14.9 Å². The van der Waals surface area contributed by atoms with E-state index in [0.717, 1.165) is 28.5 Å². The average molecular weight is 356 g/mol. The van der Waals surface area contributed by atoms with E-state index < -0.39 is 24.0 Å². The summed E-state index contributed by atoms with van der Waals surface area (Å²) < 4.78 is 10.5. The number of nitrogens with zero attached hydrogens (tertiary/aromatic N) is 1. The Hall–Kier alpha value is -2.81. The van der Waals surface area contributed by atoms with Crippen LogP contribution in [0.25, 0.3) is 11.0 Å². The maximum absolute atomic E-state index is 12.0. The lowest BCUT2D eigenvalue weighted by Crippen LogP contribution is -2.50. The Morgan fingerprint density at radius 3 is 2.73 bits per heavy atom. The molecular weight excluding hydrogens is 332 g/mol. The van der Waals surface area contributed by atoms with Gasteiger partial charge in [-0.15, -0.1) is 0 Å². The van der Waals surface area contributed by atoms with Gasteiger partial charge in [-0.3, -0.25) is 9.59 Å². The number of aryl methyl sites for hydroxylation is 1. The first kappa shape index (κ1) is 19.5. The number of nitrogens with one attached hydrogen (secondary N) is 1. The van der Waals surface area contributed by atoms with Crippen molar-refractivity contribution in [2.75, 3.05) is 6.61 Å². The van der Waals surface area contributed by atoms with Gasteiger partial charge in [-0.1, -0.05) is 32.9 Å². The number of furan rings is 1. The molecule has 0 bridgehead atoms. The molecule has 0 saturated carbocycles. The van der Waals surface area contributed by atoms with E-state index in [2.05, 4.69) is 18.3 Å². The quantitative estimate of drug-likeness (QED) is 0.770. The molecule has 2 aromatic rings. The summed E-state index contributed by atoms with van der Waals surface area (Å²) in [7, 11) is 0. The topological polar surface area (TPSA) is 92.3 Å². The molecule has 0 radical (unpaired) electrons. The molecule has 1 atom stereocenters. The van der Waals surface area contributed by atoms with Gasteiger partial charge in [0.2, 0.25) is 0 Å². The van der Waals surface area contributed by atoms with Crippen molar-refractivity contribution in [3.63, 3.8) is 0 Å². The minimum atomic E-state index is -0.999. The van der Waals surface area contributed by atoms with Crippen molar-refractivity contribution in [2.45, 2.75) is 46.1 Å². The Balaban J connectivity index is 1.93. The highest BCUT2D eigenvalue weighted by atomic mass is 16.5. The van der Waals surface area contributed by atoms with Gasteiger partial charge in [0.15, 0.2) is 6.61 Å². The fraction of sp³-hybridized carbons (Fsp3) is 0.450. The molecule has 0 aliphatic rings. The molecule has 1 aromatic carbocycles. The molecule has 138 valence electrons. The molecule has 0 spiro atoms. The van der Waals surface area contributed by atoms with Crippen molar-refractivity contribution in [1.29, 1.82) is 5.26 Å². The van der Waals surface area contributed by atoms with Gasteiger partial charge in [0.25, 0.3) is 5.91 Å². The fourth-order valence-corrected chi connectivity index (χ4v) is 2.46. The van der Waals surface area contributed by atoms with Crippen LogP contribution in [0.4, 0.5) is 0 Å². The first-order valence-corrected chi connectivity index (χ1v) is 8.66. The molecule has 2 rings (SSSR count). The fourth-order valence-electron chi connectivity index (χ4n) is 2.46. The van der Waals surface area contributed by atoms with Crippen molar-refractivity contribution >= 4 is 22.8 Å². The molecular formula is C20H24N2O4. The summed E-state index contributed by atoms with van der Waals surface area (Å²) in [6.45, 7) is 6.95. The van der Waals surface area contributed by atoms with E-state index in [1.807, 2.05) is 32.0 Å². The number of hydrogen-bond donors (Lipinski definition) is 1. The maximum atomic E-state index is 12.0. The molecule has 0 aliphatic heterocycles. The molecule has 0 aliphatic carbocycles. The predicted molar refractivity (Wildman–Crippen MR) is 97.3 cm³/mol. The van der Waals surface area contributed by atoms with Gasteiger partial charge in [-0.2, -0.15) is 5.26 Å². The summed E-state index contributed by atoms with van der Waals surface area (Å²) >= 11 is 0. The normalized spacial score (nSPS) is 13.2. The summed E-state index contributed by atoms with van der Waals surface area (Å²) in [4.78, 5) is 24.0. The molecule has 0 unspecified atom stereocenters. The van der Waals surface area contributed by atoms with E-state index in [1.54, 1.807) is 6.92 Å². The Bertz CT molecular complexity index is 847. The molecule has 6 heteroatoms. The Kier molecular flexibility index (Phi) is 6.04. The number of fused-ring (bicyclic) bond motifs is 1. The number of rotatable bonds is 7. The van der Waals surface area contributed by atoms with Crippen molar-refractivity contribution < 1.29 is 18.7 Å². The highest BCUT2D eigenvalue weighted by molar-refractivity contribution is 5.87. The van der Waals surface area contributed by atoms with Gasteiger partial charge in [0.1, 0.15) is 11.1 Å². The predicted octanol–water partition coefficient (Wildman–Crippen LogP) is 3.14. The monoisotopic (exact) mass is 356 g/mol. The third-order valence-corrected chi connectivity index (χ3v) is 4.61. The smallest absolute Gasteiger partial charge is 0.310 e. The van der Waals surface area contributed by atoms with Gasteiger partial charge in [-0.05, 0) is 30.9 Å². The zero-order valence-electron chi connectivity index (χ0n) is 15.6. The van der Waals surface area contributed by atoms with Crippen LogP contribution >= 0.6 is 0 Å². The van der Waals surface area contributed by atoms with E-state index >= 15 is 0 Å². The van der Waals surface area contributed by atoms with Gasteiger partial charge >= 0.3 is 5.97 Å². The van der Waals surface area contributed by atoms with Gasteiger partial charge in [0, 0.05) is 10.9 Å². The number of ether oxygens (including phenoxy) is 1. The highest BCUT2D eigenvalue weighted by Crippen LogP contribution is 2.23. The maximum Gasteiger partial charge on any atom is 0.310 e. The first-order valence-electron chi connectivity index (χ1n) is 8.66. The average Bonchev–Trinajstić information content (AvgIpc) is 3.01. The second kappa shape index (κ2) is 8.05. The zero-order valence-corrected chi connectivity index (χ0v) is 15.6. The summed E-state index contributed by atoms with van der Waals surface area (Å²) in [6.07, 6.45) is 2.46. The summed E-state index contributed by atoms with van der Waals surface area (Å²) in [5, 5.41) is 12.7. The molecule has 0 saturated heterocycles. The summed E-state index contributed by atoms with van der Waals surface area (Å²) in [5.41, 5.74) is 1.60. The van der Waals surface area contributed by atoms with Crippen LogP contribution in [0, 0.1) is 17.2 Å². The number of hydrogen-bond acceptors (Lipinski definition) is 5. The van der Waals surface area contributed by atoms with Gasteiger partial charge in [-0.25, -0.2) is 0 Å². The van der Waals surface area contributed by atoms with Crippen LogP contribution in [0.2, 0.25) is 0 Å². The number of nitriles is 1. The second-order valence-corrected chi connectivity index (χ2v) is 6.80. The zero-order chi connectivity index (χ0) is 19.3. The second-order valence-electron chi connectivity index (χ2n) is 6.80. The largest absolute Gasteiger partial charge is 0.464 e. The Morgan fingerprint density at radius 2 is 2.12 bits per heavy atom. The SMILES string of the molecule is CCc1ccc2c(CC(=O)OCC(=O)N[C@@](C)(C#N)C(C)C)coc2c1. The molecule has 1 amide bonds. The lowest BCUT2D eigenvalue weighted by Gasteiger charge is -2.27. The number of amides is 1. The Morgan fingerprint density at radius 1 is 1.38 bits per heavy atom. The lowest BCUT2D eigenvalue weighted by molar-refractivity contribution is -0.148. The van der Waals surface area contributed by atoms with Crippen LogP contribution in [0.15, 0.2) is 28.9 Å². The van der Waals surface area contributed by atoms with Crippen molar-refractivity contribution in [1.82, 2.24) is 5.32 Å². The minimum absolute atomic E-state index is 0.0193. The first-order chi connectivity index (χ1) is 12.3. The number of esters is 1. The molecule has 0 fully saturated rings. The van der Waals surface area contributed by atoms with E-state index in [1.165, 1.54) is 6.26 Å². The standard InChI is InChI=1S/C20H24N2O4/c1-5-14-6-7-16-15(10-25-17(16)8-14)9-19(24)26-11-18(23)22-20(4,12-21)13(2)3/h6-8,10,13H,5,9,11H2,1-4H3,(H,22,23)/t20-/m0/s1. The summed E-state index contributed by atoms with van der Waals surface area (Å²) in [6, 6.07) is 7.95. The third-order valence-electron chi connectivity index (χ3n) is 4.61. The third kappa shape index (κ3) is 4.42. The van der Waals surface area contributed by atoms with E-state index in [4.69, 9.17) is 9.15 Å². The van der Waals surface area contributed by atoms with E-state index in [0.29, 0.717) is 0 Å². The van der Waals surface area contributed by atoms with Crippen molar-refractivity contribution in [3.05, 3.63) is 35.6 Å². The van der Waals surface area contributed by atoms with Crippen LogP contribution in [-0.2, 0) is 27.2 Å². The molecule has 1 aromatic heterocycles. The minimum Gasteiger partial charge on any atom is -0.464 e. The van der Waals surface area contributed by atoms with Crippen LogP contribution in [0.1, 0.15) is 38.8 Å². The Labute approximate surface area is 153 Å². The van der Waals surface area contributed by atoms with Crippen LogP contribution in [-0.4, -0.2) is 24.0 Å². The van der Waals surface area contributed by atoms with Gasteiger partial charge in [0.05, 0.1) is 18.8 Å². The summed E-state index contributed by atoms with van der Waals surface area (Å²) in [5.74, 6) is -1.09.